The minimum atomic E-state index is 0.474. The van der Waals surface area contributed by atoms with Crippen LogP contribution in [0.1, 0.15) is 12.5 Å². The lowest BCUT2D eigenvalue weighted by atomic mass is 10.2. The number of methoxy groups -OCH3 is 1. The van der Waals surface area contributed by atoms with Crippen LogP contribution in [0, 0.1) is 0 Å². The average Bonchev–Trinajstić information content (AvgIpc) is 2.17. The third-order valence-electron chi connectivity index (χ3n) is 1.57. The van der Waals surface area contributed by atoms with Gasteiger partial charge in [0.15, 0.2) is 0 Å². The van der Waals surface area contributed by atoms with Crippen molar-refractivity contribution in [1.29, 1.82) is 0 Å². The molecule has 1 heterocycles. The molecule has 0 bridgehead atoms. The Morgan fingerprint density at radius 3 is 3.15 bits per heavy atom. The van der Waals surface area contributed by atoms with Crippen LogP contribution in [0.5, 0.6) is 0 Å². The van der Waals surface area contributed by atoms with Gasteiger partial charge in [0.2, 0.25) is 0 Å². The Hall–Kier alpha value is -1.35. The molecule has 0 unspecified atom stereocenters. The summed E-state index contributed by atoms with van der Waals surface area (Å²) in [6.07, 6.45) is 5.74. The summed E-state index contributed by atoms with van der Waals surface area (Å²) < 4.78 is 4.90. The summed E-state index contributed by atoms with van der Waals surface area (Å²) in [6.45, 7) is 2.45. The molecule has 1 aromatic heterocycles. The van der Waals surface area contributed by atoms with E-state index in [9.17, 15) is 0 Å². The third-order valence-corrected chi connectivity index (χ3v) is 1.57. The molecule has 3 heteroatoms. The van der Waals surface area contributed by atoms with E-state index < -0.39 is 0 Å². The number of nitrogens with zero attached hydrogens (tertiary/aromatic N) is 1. The zero-order chi connectivity index (χ0) is 9.52. The van der Waals surface area contributed by atoms with Crippen LogP contribution in [0.2, 0.25) is 0 Å². The molecule has 1 aromatic rings. The average molecular weight is 178 g/mol. The standard InChI is InChI=1S/C10H14N2O/c1-3-5-9-6-4-7-11-10(9)12-8-13-2/h3-7H,8H2,1-2H3,(H,11,12)/b5-3+. The number of hydrogen-bond donors (Lipinski definition) is 1. The highest BCUT2D eigenvalue weighted by Crippen LogP contribution is 2.12. The lowest BCUT2D eigenvalue weighted by Gasteiger charge is -2.06. The minimum Gasteiger partial charge on any atom is -0.365 e. The molecule has 0 saturated heterocycles. The molecule has 0 aliphatic heterocycles. The van der Waals surface area contributed by atoms with E-state index >= 15 is 0 Å². The molecule has 0 aliphatic carbocycles. The van der Waals surface area contributed by atoms with Gasteiger partial charge in [-0.1, -0.05) is 12.2 Å². The van der Waals surface area contributed by atoms with E-state index in [1.807, 2.05) is 31.2 Å². The predicted molar refractivity (Wildman–Crippen MR) is 54.4 cm³/mol. The first kappa shape index (κ1) is 9.74. The monoisotopic (exact) mass is 178 g/mol. The molecule has 70 valence electrons. The van der Waals surface area contributed by atoms with Crippen molar-refractivity contribution >= 4 is 11.9 Å². The third kappa shape index (κ3) is 2.87. The summed E-state index contributed by atoms with van der Waals surface area (Å²) in [7, 11) is 1.64. The molecular weight excluding hydrogens is 164 g/mol. The van der Waals surface area contributed by atoms with Gasteiger partial charge in [-0.05, 0) is 19.1 Å². The molecule has 1 N–H and O–H groups in total. The fraction of sp³-hybridized carbons (Fsp3) is 0.300. The predicted octanol–water partition coefficient (Wildman–Crippen LogP) is 2.13. The topological polar surface area (TPSA) is 34.2 Å². The van der Waals surface area contributed by atoms with Crippen LogP contribution in [0.4, 0.5) is 5.82 Å². The zero-order valence-corrected chi connectivity index (χ0v) is 7.95. The molecular formula is C10H14N2O. The number of allylic oxidation sites excluding steroid dienone is 1. The Kier molecular flexibility index (Phi) is 3.99. The quantitative estimate of drug-likeness (QED) is 0.717. The van der Waals surface area contributed by atoms with Crippen LogP contribution in [0.15, 0.2) is 24.4 Å². The normalized spacial score (nSPS) is 10.6. The van der Waals surface area contributed by atoms with Crippen LogP contribution in [0.3, 0.4) is 0 Å². The van der Waals surface area contributed by atoms with Crippen molar-refractivity contribution in [2.75, 3.05) is 19.2 Å². The summed E-state index contributed by atoms with van der Waals surface area (Å²) in [6, 6.07) is 3.91. The highest BCUT2D eigenvalue weighted by atomic mass is 16.5. The first-order valence-corrected chi connectivity index (χ1v) is 4.19. The number of anilines is 1. The molecule has 0 saturated carbocycles. The van der Waals surface area contributed by atoms with Gasteiger partial charge in [-0.3, -0.25) is 0 Å². The van der Waals surface area contributed by atoms with E-state index in [0.29, 0.717) is 6.73 Å². The smallest absolute Gasteiger partial charge is 0.134 e. The van der Waals surface area contributed by atoms with Gasteiger partial charge in [-0.25, -0.2) is 4.98 Å². The van der Waals surface area contributed by atoms with E-state index in [1.165, 1.54) is 0 Å². The Morgan fingerprint density at radius 2 is 2.46 bits per heavy atom. The molecule has 0 aliphatic rings. The number of nitrogens with one attached hydrogen (secondary N) is 1. The van der Waals surface area contributed by atoms with Crippen molar-refractivity contribution in [3.8, 4) is 0 Å². The van der Waals surface area contributed by atoms with Crippen LogP contribution in [-0.2, 0) is 4.74 Å². The van der Waals surface area contributed by atoms with Gasteiger partial charge in [-0.15, -0.1) is 0 Å². The highest BCUT2D eigenvalue weighted by Gasteiger charge is 1.96. The number of aromatic nitrogens is 1. The van der Waals surface area contributed by atoms with Gasteiger partial charge in [-0.2, -0.15) is 0 Å². The second-order valence-corrected chi connectivity index (χ2v) is 2.55. The maximum Gasteiger partial charge on any atom is 0.134 e. The Bertz CT molecular complexity index is 284. The van der Waals surface area contributed by atoms with Crippen molar-refractivity contribution in [3.05, 3.63) is 30.0 Å². The van der Waals surface area contributed by atoms with Crippen LogP contribution in [-0.4, -0.2) is 18.8 Å². The maximum atomic E-state index is 4.90. The van der Waals surface area contributed by atoms with Crippen molar-refractivity contribution in [2.45, 2.75) is 6.92 Å². The molecule has 0 fully saturated rings. The number of ether oxygens (including phenoxy) is 1. The maximum absolute atomic E-state index is 4.90. The summed E-state index contributed by atoms with van der Waals surface area (Å²) in [5.74, 6) is 0.849. The molecule has 0 radical (unpaired) electrons. The fourth-order valence-corrected chi connectivity index (χ4v) is 1.02. The van der Waals surface area contributed by atoms with Crippen molar-refractivity contribution in [2.24, 2.45) is 0 Å². The highest BCUT2D eigenvalue weighted by molar-refractivity contribution is 5.62. The van der Waals surface area contributed by atoms with E-state index in [-0.39, 0.29) is 0 Å². The van der Waals surface area contributed by atoms with Gasteiger partial charge in [0, 0.05) is 18.9 Å². The van der Waals surface area contributed by atoms with Gasteiger partial charge in [0.1, 0.15) is 12.5 Å². The van der Waals surface area contributed by atoms with Crippen LogP contribution in [0.25, 0.3) is 6.08 Å². The van der Waals surface area contributed by atoms with Crippen molar-refractivity contribution < 1.29 is 4.74 Å². The molecule has 0 aromatic carbocycles. The summed E-state index contributed by atoms with van der Waals surface area (Å²) in [5.41, 5.74) is 1.07. The van der Waals surface area contributed by atoms with Crippen molar-refractivity contribution in [1.82, 2.24) is 4.98 Å². The molecule has 3 nitrogen and oxygen atoms in total. The first-order valence-electron chi connectivity index (χ1n) is 4.19. The Morgan fingerprint density at radius 1 is 1.62 bits per heavy atom. The van der Waals surface area contributed by atoms with Gasteiger partial charge in [0.25, 0.3) is 0 Å². The minimum absolute atomic E-state index is 0.474. The van der Waals surface area contributed by atoms with Gasteiger partial charge >= 0.3 is 0 Å². The first-order chi connectivity index (χ1) is 6.38. The van der Waals surface area contributed by atoms with Gasteiger partial charge in [0.05, 0.1) is 0 Å². The lowest BCUT2D eigenvalue weighted by Crippen LogP contribution is -2.05. The van der Waals surface area contributed by atoms with E-state index in [4.69, 9.17) is 4.74 Å². The Balaban J connectivity index is 2.78. The summed E-state index contributed by atoms with van der Waals surface area (Å²) in [5, 5.41) is 3.06. The largest absolute Gasteiger partial charge is 0.365 e. The molecule has 0 atom stereocenters. The summed E-state index contributed by atoms with van der Waals surface area (Å²) >= 11 is 0. The number of hydrogen-bond acceptors (Lipinski definition) is 3. The summed E-state index contributed by atoms with van der Waals surface area (Å²) in [4.78, 5) is 4.19. The zero-order valence-electron chi connectivity index (χ0n) is 7.95. The van der Waals surface area contributed by atoms with E-state index in [1.54, 1.807) is 13.3 Å². The molecule has 1 rings (SSSR count). The number of rotatable bonds is 4. The second-order valence-electron chi connectivity index (χ2n) is 2.55. The van der Waals surface area contributed by atoms with Crippen LogP contribution < -0.4 is 5.32 Å². The fourth-order valence-electron chi connectivity index (χ4n) is 1.02. The molecule has 0 spiro atoms. The van der Waals surface area contributed by atoms with Gasteiger partial charge < -0.3 is 10.1 Å². The SMILES string of the molecule is C/C=C/c1cccnc1NCOC. The second kappa shape index (κ2) is 5.32. The van der Waals surface area contributed by atoms with E-state index in [0.717, 1.165) is 11.4 Å². The number of pyridine rings is 1. The van der Waals surface area contributed by atoms with Crippen molar-refractivity contribution in [3.63, 3.8) is 0 Å². The lowest BCUT2D eigenvalue weighted by molar-refractivity contribution is 0.221. The van der Waals surface area contributed by atoms with E-state index in [2.05, 4.69) is 10.3 Å². The Labute approximate surface area is 78.4 Å². The van der Waals surface area contributed by atoms with Crippen LogP contribution >= 0.6 is 0 Å². The molecule has 0 amide bonds. The molecule has 13 heavy (non-hydrogen) atoms.